The van der Waals surface area contributed by atoms with Gasteiger partial charge in [0.2, 0.25) is 0 Å². The van der Waals surface area contributed by atoms with Crippen LogP contribution in [-0.2, 0) is 0 Å². The second kappa shape index (κ2) is 4.98. The van der Waals surface area contributed by atoms with E-state index in [1.807, 2.05) is 0 Å². The zero-order valence-corrected chi connectivity index (χ0v) is 9.28. The van der Waals surface area contributed by atoms with E-state index in [2.05, 4.69) is 31.8 Å². The molecule has 0 aliphatic rings. The molecule has 0 saturated heterocycles. The highest BCUT2D eigenvalue weighted by Gasteiger charge is 1.98. The predicted octanol–water partition coefficient (Wildman–Crippen LogP) is 1.47. The van der Waals surface area contributed by atoms with Crippen molar-refractivity contribution in [1.29, 1.82) is 0 Å². The Bertz CT molecular complexity index is 323. The van der Waals surface area contributed by atoms with Crippen LogP contribution in [0.2, 0.25) is 0 Å². The van der Waals surface area contributed by atoms with Crippen molar-refractivity contribution in [2.75, 3.05) is 7.05 Å². The minimum absolute atomic E-state index is 0.457. The fraction of sp³-hybridized carbons (Fsp3) is 0.143. The molecule has 0 aliphatic carbocycles. The maximum absolute atomic E-state index is 5.08. The maximum Gasteiger partial charge on any atom is 0.186 e. The summed E-state index contributed by atoms with van der Waals surface area (Å²) in [5.74, 6) is 0.645. The van der Waals surface area contributed by atoms with Crippen LogP contribution in [0, 0.1) is 0 Å². The fourth-order valence-electron chi connectivity index (χ4n) is 0.603. The summed E-state index contributed by atoms with van der Waals surface area (Å²) < 4.78 is 5.93. The summed E-state index contributed by atoms with van der Waals surface area (Å²) in [7, 11) is 1.72. The van der Waals surface area contributed by atoms with Crippen LogP contribution >= 0.6 is 28.1 Å². The van der Waals surface area contributed by atoms with E-state index in [0.717, 1.165) is 4.47 Å². The summed E-state index contributed by atoms with van der Waals surface area (Å²) in [5, 5.41) is 7.02. The molecule has 1 heterocycles. The Labute approximate surface area is 89.5 Å². The van der Waals surface area contributed by atoms with Gasteiger partial charge in [-0.1, -0.05) is 0 Å². The quantitative estimate of drug-likeness (QED) is 0.481. The van der Waals surface area contributed by atoms with Gasteiger partial charge in [0.25, 0.3) is 0 Å². The van der Waals surface area contributed by atoms with Crippen LogP contribution in [0.4, 0.5) is 0 Å². The van der Waals surface area contributed by atoms with Crippen molar-refractivity contribution in [1.82, 2.24) is 10.7 Å². The predicted molar refractivity (Wildman–Crippen MR) is 58.8 cm³/mol. The number of halogens is 1. The van der Waals surface area contributed by atoms with Gasteiger partial charge in [-0.05, 0) is 34.2 Å². The van der Waals surface area contributed by atoms with Crippen molar-refractivity contribution in [2.24, 2.45) is 5.10 Å². The third kappa shape index (κ3) is 3.16. The number of nitrogens with one attached hydrogen (secondary N) is 2. The highest BCUT2D eigenvalue weighted by Crippen LogP contribution is 2.14. The molecule has 6 heteroatoms. The van der Waals surface area contributed by atoms with Gasteiger partial charge < -0.3 is 9.73 Å². The number of thiocarbonyl (C=S) groups is 1. The Morgan fingerprint density at radius 2 is 2.54 bits per heavy atom. The molecule has 13 heavy (non-hydrogen) atoms. The van der Waals surface area contributed by atoms with Gasteiger partial charge in [-0.15, -0.1) is 0 Å². The Morgan fingerprint density at radius 1 is 1.77 bits per heavy atom. The van der Waals surface area contributed by atoms with E-state index in [-0.39, 0.29) is 0 Å². The zero-order chi connectivity index (χ0) is 9.68. The van der Waals surface area contributed by atoms with Crippen molar-refractivity contribution >= 4 is 39.5 Å². The molecule has 0 spiro atoms. The van der Waals surface area contributed by atoms with Crippen LogP contribution in [0.3, 0.4) is 0 Å². The molecule has 0 aromatic carbocycles. The molecule has 0 fully saturated rings. The topological polar surface area (TPSA) is 49.6 Å². The third-order valence-corrected chi connectivity index (χ3v) is 2.17. The van der Waals surface area contributed by atoms with Crippen LogP contribution < -0.4 is 10.7 Å². The minimum atomic E-state index is 0.457. The first-order valence-corrected chi connectivity index (χ1v) is 4.68. The standard InChI is InChI=1S/C7H8BrN3OS/c1-9-7(13)11-10-4-6-5(8)2-3-12-6/h2-4H,1H3,(H2,9,11,13)/b10-4+. The van der Waals surface area contributed by atoms with E-state index < -0.39 is 0 Å². The summed E-state index contributed by atoms with van der Waals surface area (Å²) >= 11 is 8.09. The Kier molecular flexibility index (Phi) is 3.91. The van der Waals surface area contributed by atoms with Gasteiger partial charge in [0.1, 0.15) is 0 Å². The second-order valence-electron chi connectivity index (χ2n) is 2.08. The van der Waals surface area contributed by atoms with E-state index in [4.69, 9.17) is 16.6 Å². The summed E-state index contributed by atoms with van der Waals surface area (Å²) in [4.78, 5) is 0. The van der Waals surface area contributed by atoms with Gasteiger partial charge >= 0.3 is 0 Å². The number of rotatable bonds is 2. The normalized spacial score (nSPS) is 10.3. The molecule has 70 valence electrons. The first kappa shape index (κ1) is 10.2. The molecule has 1 rings (SSSR count). The van der Waals surface area contributed by atoms with Gasteiger partial charge in [0.15, 0.2) is 10.9 Å². The van der Waals surface area contributed by atoms with E-state index in [1.54, 1.807) is 19.4 Å². The van der Waals surface area contributed by atoms with E-state index in [1.165, 1.54) is 6.21 Å². The highest BCUT2D eigenvalue weighted by molar-refractivity contribution is 9.10. The molecule has 0 unspecified atom stereocenters. The Morgan fingerprint density at radius 3 is 3.08 bits per heavy atom. The number of hydrogen-bond acceptors (Lipinski definition) is 3. The molecule has 0 radical (unpaired) electrons. The third-order valence-electron chi connectivity index (χ3n) is 1.22. The van der Waals surface area contributed by atoms with E-state index in [0.29, 0.717) is 10.9 Å². The van der Waals surface area contributed by atoms with Crippen LogP contribution in [0.25, 0.3) is 0 Å². The monoisotopic (exact) mass is 261 g/mol. The number of hydrazone groups is 1. The number of hydrogen-bond donors (Lipinski definition) is 2. The van der Waals surface area contributed by atoms with Crippen LogP contribution in [-0.4, -0.2) is 18.4 Å². The lowest BCUT2D eigenvalue weighted by Gasteiger charge is -1.98. The Hall–Kier alpha value is -0.880. The van der Waals surface area contributed by atoms with Crippen molar-refractivity contribution in [3.63, 3.8) is 0 Å². The van der Waals surface area contributed by atoms with Gasteiger partial charge in [0.05, 0.1) is 17.0 Å². The van der Waals surface area contributed by atoms with Gasteiger partial charge in [-0.25, -0.2) is 0 Å². The molecule has 2 N–H and O–H groups in total. The average Bonchev–Trinajstić information content (AvgIpc) is 2.52. The fourth-order valence-corrected chi connectivity index (χ4v) is 0.959. The van der Waals surface area contributed by atoms with Crippen molar-refractivity contribution in [3.8, 4) is 0 Å². The molecular weight excluding hydrogens is 254 g/mol. The molecule has 0 atom stereocenters. The lowest BCUT2D eigenvalue weighted by atomic mass is 10.5. The molecular formula is C7H8BrN3OS. The second-order valence-corrected chi connectivity index (χ2v) is 3.34. The largest absolute Gasteiger partial charge is 0.462 e. The van der Waals surface area contributed by atoms with Gasteiger partial charge in [0, 0.05) is 7.05 Å². The number of furan rings is 1. The smallest absolute Gasteiger partial charge is 0.186 e. The van der Waals surface area contributed by atoms with E-state index in [9.17, 15) is 0 Å². The van der Waals surface area contributed by atoms with Crippen LogP contribution in [0.1, 0.15) is 5.76 Å². The molecule has 0 bridgehead atoms. The van der Waals surface area contributed by atoms with E-state index >= 15 is 0 Å². The summed E-state index contributed by atoms with van der Waals surface area (Å²) in [6, 6.07) is 1.79. The molecule has 1 aromatic heterocycles. The summed E-state index contributed by atoms with van der Waals surface area (Å²) in [5.41, 5.74) is 2.61. The van der Waals surface area contributed by atoms with Gasteiger partial charge in [-0.2, -0.15) is 5.10 Å². The summed E-state index contributed by atoms with van der Waals surface area (Å²) in [6.07, 6.45) is 3.11. The zero-order valence-electron chi connectivity index (χ0n) is 6.87. The molecule has 1 aromatic rings. The first-order chi connectivity index (χ1) is 6.24. The summed E-state index contributed by atoms with van der Waals surface area (Å²) in [6.45, 7) is 0. The van der Waals surface area contributed by atoms with Crippen molar-refractivity contribution in [3.05, 3.63) is 22.6 Å². The van der Waals surface area contributed by atoms with Crippen molar-refractivity contribution in [2.45, 2.75) is 0 Å². The lowest BCUT2D eigenvalue weighted by molar-refractivity contribution is 0.558. The lowest BCUT2D eigenvalue weighted by Crippen LogP contribution is -2.28. The van der Waals surface area contributed by atoms with Crippen molar-refractivity contribution < 1.29 is 4.42 Å². The molecule has 0 aliphatic heterocycles. The molecule has 0 saturated carbocycles. The highest BCUT2D eigenvalue weighted by atomic mass is 79.9. The Balaban J connectivity index is 2.50. The number of nitrogens with zero attached hydrogens (tertiary/aromatic N) is 1. The minimum Gasteiger partial charge on any atom is -0.462 e. The maximum atomic E-state index is 5.08. The molecule has 4 nitrogen and oxygen atoms in total. The first-order valence-electron chi connectivity index (χ1n) is 3.48. The van der Waals surface area contributed by atoms with Crippen LogP contribution in [0.15, 0.2) is 26.3 Å². The van der Waals surface area contributed by atoms with Crippen LogP contribution in [0.5, 0.6) is 0 Å². The molecule has 0 amide bonds. The SMILES string of the molecule is CNC(=S)N/N=C/c1occc1Br. The average molecular weight is 262 g/mol. The van der Waals surface area contributed by atoms with Gasteiger partial charge in [-0.3, -0.25) is 5.43 Å².